The summed E-state index contributed by atoms with van der Waals surface area (Å²) in [7, 11) is 0. The smallest absolute Gasteiger partial charge is 0.228 e. The third kappa shape index (κ3) is 2.75. The van der Waals surface area contributed by atoms with Crippen LogP contribution in [0.2, 0.25) is 5.02 Å². The highest BCUT2D eigenvalue weighted by molar-refractivity contribution is 9.10. The highest BCUT2D eigenvalue weighted by Crippen LogP contribution is 2.26. The molecule has 3 nitrogen and oxygen atoms in total. The van der Waals surface area contributed by atoms with Gasteiger partial charge in [0.1, 0.15) is 0 Å². The predicted molar refractivity (Wildman–Crippen MR) is 68.8 cm³/mol. The van der Waals surface area contributed by atoms with E-state index in [0.717, 1.165) is 29.7 Å². The van der Waals surface area contributed by atoms with Crippen molar-refractivity contribution < 1.29 is 4.79 Å². The lowest BCUT2D eigenvalue weighted by Crippen LogP contribution is -2.24. The van der Waals surface area contributed by atoms with Gasteiger partial charge in [0.25, 0.3) is 0 Å². The van der Waals surface area contributed by atoms with Gasteiger partial charge < -0.3 is 10.6 Å². The Balaban J connectivity index is 2.05. The summed E-state index contributed by atoms with van der Waals surface area (Å²) >= 11 is 9.20. The van der Waals surface area contributed by atoms with Crippen molar-refractivity contribution in [2.24, 2.45) is 5.92 Å². The average Bonchev–Trinajstić information content (AvgIpc) is 2.75. The highest BCUT2D eigenvalue weighted by atomic mass is 79.9. The lowest BCUT2D eigenvalue weighted by atomic mass is 10.1. The predicted octanol–water partition coefficient (Wildman–Crippen LogP) is 2.65. The molecule has 86 valence electrons. The summed E-state index contributed by atoms with van der Waals surface area (Å²) in [6, 6.07) is 5.32. The molecule has 1 aromatic carbocycles. The van der Waals surface area contributed by atoms with Gasteiger partial charge in [-0.05, 0) is 47.1 Å². The SMILES string of the molecule is O=C(Nc1ccc(Cl)cc1Br)C1CCNC1. The fourth-order valence-electron chi connectivity index (χ4n) is 1.70. The van der Waals surface area contributed by atoms with Gasteiger partial charge in [-0.25, -0.2) is 0 Å². The number of hydrogen-bond donors (Lipinski definition) is 2. The monoisotopic (exact) mass is 302 g/mol. The van der Waals surface area contributed by atoms with Crippen LogP contribution in [0.1, 0.15) is 6.42 Å². The summed E-state index contributed by atoms with van der Waals surface area (Å²) in [5.41, 5.74) is 0.765. The third-order valence-electron chi connectivity index (χ3n) is 2.62. The van der Waals surface area contributed by atoms with Crippen LogP contribution in [0.25, 0.3) is 0 Å². The summed E-state index contributed by atoms with van der Waals surface area (Å²) in [5, 5.41) is 6.71. The Morgan fingerprint density at radius 1 is 1.56 bits per heavy atom. The number of hydrogen-bond acceptors (Lipinski definition) is 2. The number of carbonyl (C=O) groups is 1. The third-order valence-corrected chi connectivity index (χ3v) is 3.51. The number of halogens is 2. The van der Waals surface area contributed by atoms with Crippen LogP contribution in [0, 0.1) is 5.92 Å². The summed E-state index contributed by atoms with van der Waals surface area (Å²) in [5.74, 6) is 0.135. The van der Waals surface area contributed by atoms with E-state index in [0.29, 0.717) is 5.02 Å². The highest BCUT2D eigenvalue weighted by Gasteiger charge is 2.22. The fourth-order valence-corrected chi connectivity index (χ4v) is 2.49. The lowest BCUT2D eigenvalue weighted by molar-refractivity contribution is -0.119. The average molecular weight is 304 g/mol. The quantitative estimate of drug-likeness (QED) is 0.882. The van der Waals surface area contributed by atoms with Gasteiger partial charge in [0.2, 0.25) is 5.91 Å². The van der Waals surface area contributed by atoms with Gasteiger partial charge in [0.15, 0.2) is 0 Å². The molecule has 0 aliphatic carbocycles. The Morgan fingerprint density at radius 3 is 3.00 bits per heavy atom. The molecule has 1 unspecified atom stereocenters. The van der Waals surface area contributed by atoms with Crippen LogP contribution in [0.3, 0.4) is 0 Å². The molecule has 1 amide bonds. The van der Waals surface area contributed by atoms with E-state index in [1.807, 2.05) is 0 Å². The van der Waals surface area contributed by atoms with E-state index in [1.54, 1.807) is 18.2 Å². The molecule has 1 aliphatic rings. The van der Waals surface area contributed by atoms with E-state index in [2.05, 4.69) is 26.6 Å². The number of carbonyl (C=O) groups excluding carboxylic acids is 1. The minimum absolute atomic E-state index is 0.0630. The molecule has 0 aromatic heterocycles. The summed E-state index contributed by atoms with van der Waals surface area (Å²) in [6.07, 6.45) is 0.900. The fraction of sp³-hybridized carbons (Fsp3) is 0.364. The molecule has 1 saturated heterocycles. The number of rotatable bonds is 2. The molecular formula is C11H12BrClN2O. The van der Waals surface area contributed by atoms with Crippen molar-refractivity contribution in [2.75, 3.05) is 18.4 Å². The largest absolute Gasteiger partial charge is 0.325 e. The number of amides is 1. The lowest BCUT2D eigenvalue weighted by Gasteiger charge is -2.11. The number of benzene rings is 1. The molecule has 0 bridgehead atoms. The molecule has 1 atom stereocenters. The Labute approximate surface area is 108 Å². The zero-order valence-corrected chi connectivity index (χ0v) is 10.9. The molecule has 5 heteroatoms. The van der Waals surface area contributed by atoms with E-state index in [9.17, 15) is 4.79 Å². The van der Waals surface area contributed by atoms with Crippen LogP contribution >= 0.6 is 27.5 Å². The maximum Gasteiger partial charge on any atom is 0.228 e. The number of anilines is 1. The Morgan fingerprint density at radius 2 is 2.38 bits per heavy atom. The molecule has 2 rings (SSSR count). The van der Waals surface area contributed by atoms with Gasteiger partial charge in [0.05, 0.1) is 11.6 Å². The van der Waals surface area contributed by atoms with Crippen molar-refractivity contribution in [3.63, 3.8) is 0 Å². The van der Waals surface area contributed by atoms with Crippen LogP contribution in [-0.4, -0.2) is 19.0 Å². The summed E-state index contributed by atoms with van der Waals surface area (Å²) in [4.78, 5) is 11.8. The standard InChI is InChI=1S/C11H12BrClN2O/c12-9-5-8(13)1-2-10(9)15-11(16)7-3-4-14-6-7/h1-2,5,7,14H,3-4,6H2,(H,15,16). The van der Waals surface area contributed by atoms with E-state index in [1.165, 1.54) is 0 Å². The van der Waals surface area contributed by atoms with Crippen LogP contribution in [0.4, 0.5) is 5.69 Å². The maximum absolute atomic E-state index is 11.8. The second-order valence-corrected chi connectivity index (χ2v) is 5.09. The molecular weight excluding hydrogens is 291 g/mol. The van der Waals surface area contributed by atoms with Gasteiger partial charge in [-0.2, -0.15) is 0 Å². The Bertz CT molecular complexity index is 405. The molecule has 0 radical (unpaired) electrons. The van der Waals surface area contributed by atoms with Gasteiger partial charge in [-0.3, -0.25) is 4.79 Å². The zero-order valence-electron chi connectivity index (χ0n) is 8.59. The summed E-state index contributed by atoms with van der Waals surface area (Å²) in [6.45, 7) is 1.68. The van der Waals surface area contributed by atoms with E-state index in [-0.39, 0.29) is 11.8 Å². The van der Waals surface area contributed by atoms with Crippen molar-refractivity contribution in [3.8, 4) is 0 Å². The van der Waals surface area contributed by atoms with Crippen molar-refractivity contribution in [2.45, 2.75) is 6.42 Å². The topological polar surface area (TPSA) is 41.1 Å². The van der Waals surface area contributed by atoms with Gasteiger partial charge in [-0.15, -0.1) is 0 Å². The first-order chi connectivity index (χ1) is 7.66. The molecule has 16 heavy (non-hydrogen) atoms. The van der Waals surface area contributed by atoms with Crippen molar-refractivity contribution >= 4 is 39.1 Å². The molecule has 0 spiro atoms. The van der Waals surface area contributed by atoms with Crippen LogP contribution in [-0.2, 0) is 4.79 Å². The molecule has 1 heterocycles. The first-order valence-electron chi connectivity index (χ1n) is 5.13. The maximum atomic E-state index is 11.8. The van der Waals surface area contributed by atoms with E-state index < -0.39 is 0 Å². The van der Waals surface area contributed by atoms with Crippen LogP contribution < -0.4 is 10.6 Å². The second kappa shape index (κ2) is 5.17. The number of nitrogens with one attached hydrogen (secondary N) is 2. The molecule has 2 N–H and O–H groups in total. The van der Waals surface area contributed by atoms with Gasteiger partial charge in [0, 0.05) is 16.0 Å². The molecule has 1 fully saturated rings. The molecule has 1 aliphatic heterocycles. The minimum atomic E-state index is 0.0630. The normalized spacial score (nSPS) is 19.8. The minimum Gasteiger partial charge on any atom is -0.325 e. The van der Waals surface area contributed by atoms with Crippen molar-refractivity contribution in [1.29, 1.82) is 0 Å². The van der Waals surface area contributed by atoms with E-state index in [4.69, 9.17) is 11.6 Å². The van der Waals surface area contributed by atoms with Crippen LogP contribution in [0.5, 0.6) is 0 Å². The van der Waals surface area contributed by atoms with Crippen LogP contribution in [0.15, 0.2) is 22.7 Å². The van der Waals surface area contributed by atoms with Gasteiger partial charge in [-0.1, -0.05) is 11.6 Å². The first kappa shape index (κ1) is 11.9. The molecule has 0 saturated carbocycles. The zero-order chi connectivity index (χ0) is 11.5. The Hall–Kier alpha value is -0.580. The van der Waals surface area contributed by atoms with E-state index >= 15 is 0 Å². The van der Waals surface area contributed by atoms with Gasteiger partial charge >= 0.3 is 0 Å². The summed E-state index contributed by atoms with van der Waals surface area (Å²) < 4.78 is 0.805. The molecule has 1 aromatic rings. The van der Waals surface area contributed by atoms with Crippen molar-refractivity contribution in [1.82, 2.24) is 5.32 Å². The van der Waals surface area contributed by atoms with Crippen molar-refractivity contribution in [3.05, 3.63) is 27.7 Å². The first-order valence-corrected chi connectivity index (χ1v) is 6.30. The Kier molecular flexibility index (Phi) is 3.84. The second-order valence-electron chi connectivity index (χ2n) is 3.80.